The van der Waals surface area contributed by atoms with Crippen molar-refractivity contribution >= 4 is 39.9 Å². The van der Waals surface area contributed by atoms with E-state index >= 15 is 0 Å². The van der Waals surface area contributed by atoms with Crippen molar-refractivity contribution in [2.75, 3.05) is 0 Å². The maximum absolute atomic E-state index is 11.6. The Bertz CT molecular complexity index is 764. The van der Waals surface area contributed by atoms with E-state index in [2.05, 4.69) is 10.3 Å². The van der Waals surface area contributed by atoms with E-state index in [1.807, 2.05) is 36.4 Å². The molecule has 0 aliphatic heterocycles. The summed E-state index contributed by atoms with van der Waals surface area (Å²) in [5, 5.41) is 3.63. The van der Waals surface area contributed by atoms with Crippen LogP contribution in [0.25, 0.3) is 21.0 Å². The zero-order chi connectivity index (χ0) is 15.5. The van der Waals surface area contributed by atoms with Gasteiger partial charge in [0.25, 0.3) is 0 Å². The number of hydrogen-bond donors (Lipinski definition) is 2. The highest BCUT2D eigenvalue weighted by Crippen LogP contribution is 2.30. The molecule has 1 aromatic carbocycles. The van der Waals surface area contributed by atoms with Gasteiger partial charge < -0.3 is 15.5 Å². The number of fused-ring (bicyclic) bond motifs is 1. The third-order valence-corrected chi connectivity index (χ3v) is 4.18. The Balaban J connectivity index is 0.00000192. The largest absolute Gasteiger partial charge is 0.457 e. The van der Waals surface area contributed by atoms with Gasteiger partial charge in [0, 0.05) is 12.5 Å². The number of halogens is 1. The highest BCUT2D eigenvalue weighted by Gasteiger charge is 2.11. The number of carbonyl (C=O) groups excluding carboxylic acids is 1. The molecule has 1 atom stereocenters. The molecule has 0 bridgehead atoms. The topological polar surface area (TPSA) is 81.2 Å². The van der Waals surface area contributed by atoms with Gasteiger partial charge in [0.15, 0.2) is 10.8 Å². The Morgan fingerprint density at radius 1 is 1.35 bits per heavy atom. The van der Waals surface area contributed by atoms with Crippen LogP contribution >= 0.6 is 23.7 Å². The van der Waals surface area contributed by atoms with E-state index < -0.39 is 0 Å². The van der Waals surface area contributed by atoms with Gasteiger partial charge in [0.1, 0.15) is 5.76 Å². The predicted octanol–water partition coefficient (Wildman–Crippen LogP) is 3.33. The number of nitrogens with one attached hydrogen (secondary N) is 1. The Hall–Kier alpha value is -1.89. The first-order valence-corrected chi connectivity index (χ1v) is 7.90. The van der Waals surface area contributed by atoms with Gasteiger partial charge in [-0.05, 0) is 31.2 Å². The van der Waals surface area contributed by atoms with E-state index in [0.29, 0.717) is 18.7 Å². The van der Waals surface area contributed by atoms with Crippen LogP contribution in [0.5, 0.6) is 0 Å². The third kappa shape index (κ3) is 4.31. The molecular formula is C16H18ClN3O2S. The van der Waals surface area contributed by atoms with Crippen molar-refractivity contribution in [2.24, 2.45) is 5.73 Å². The normalized spacial score (nSPS) is 11.9. The quantitative estimate of drug-likeness (QED) is 0.738. The standard InChI is InChI=1S/C16H17N3O2S.ClH/c1-10(17)8-15(20)18-9-11-6-7-13(21-11)16-19-12-4-2-3-5-14(12)22-16;/h2-7,10H,8-9,17H2,1H3,(H,18,20);1H. The second-order valence-electron chi connectivity index (χ2n) is 5.21. The molecule has 23 heavy (non-hydrogen) atoms. The molecule has 0 radical (unpaired) electrons. The average molecular weight is 352 g/mol. The molecule has 1 amide bonds. The highest BCUT2D eigenvalue weighted by atomic mass is 35.5. The number of para-hydroxylation sites is 1. The number of rotatable bonds is 5. The van der Waals surface area contributed by atoms with Gasteiger partial charge in [-0.3, -0.25) is 4.79 Å². The SMILES string of the molecule is CC(N)CC(=O)NCc1ccc(-c2nc3ccccc3s2)o1.Cl. The van der Waals surface area contributed by atoms with Crippen LogP contribution < -0.4 is 11.1 Å². The zero-order valence-corrected chi connectivity index (χ0v) is 14.2. The first kappa shape index (κ1) is 17.5. The van der Waals surface area contributed by atoms with Gasteiger partial charge in [-0.1, -0.05) is 12.1 Å². The number of aromatic nitrogens is 1. The molecule has 0 saturated heterocycles. The molecule has 2 heterocycles. The first-order valence-electron chi connectivity index (χ1n) is 7.09. The molecule has 122 valence electrons. The fourth-order valence-electron chi connectivity index (χ4n) is 2.12. The van der Waals surface area contributed by atoms with Crippen molar-refractivity contribution in [2.45, 2.75) is 25.9 Å². The maximum Gasteiger partial charge on any atom is 0.221 e. The number of nitrogens with zero attached hydrogens (tertiary/aromatic N) is 1. The lowest BCUT2D eigenvalue weighted by atomic mass is 10.2. The van der Waals surface area contributed by atoms with Crippen LogP contribution in [0.2, 0.25) is 0 Å². The molecule has 3 rings (SSSR count). The van der Waals surface area contributed by atoms with Crippen molar-refractivity contribution in [3.8, 4) is 10.8 Å². The lowest BCUT2D eigenvalue weighted by Crippen LogP contribution is -2.29. The van der Waals surface area contributed by atoms with Crippen LogP contribution in [-0.4, -0.2) is 16.9 Å². The molecule has 1 unspecified atom stereocenters. The van der Waals surface area contributed by atoms with E-state index in [0.717, 1.165) is 21.0 Å². The average Bonchev–Trinajstić information content (AvgIpc) is 3.10. The summed E-state index contributed by atoms with van der Waals surface area (Å²) in [6.07, 6.45) is 0.311. The minimum absolute atomic E-state index is 0. The number of benzene rings is 1. The molecule has 7 heteroatoms. The number of carbonyl (C=O) groups is 1. The number of nitrogens with two attached hydrogens (primary N) is 1. The van der Waals surface area contributed by atoms with E-state index in [1.54, 1.807) is 18.3 Å². The van der Waals surface area contributed by atoms with Crippen molar-refractivity contribution < 1.29 is 9.21 Å². The summed E-state index contributed by atoms with van der Waals surface area (Å²) in [5.41, 5.74) is 6.55. The molecule has 0 fully saturated rings. The highest BCUT2D eigenvalue weighted by molar-refractivity contribution is 7.21. The summed E-state index contributed by atoms with van der Waals surface area (Å²) in [7, 11) is 0. The summed E-state index contributed by atoms with van der Waals surface area (Å²) in [5.74, 6) is 1.35. The minimum Gasteiger partial charge on any atom is -0.457 e. The van der Waals surface area contributed by atoms with Gasteiger partial charge in [0.2, 0.25) is 5.91 Å². The summed E-state index contributed by atoms with van der Waals surface area (Å²) < 4.78 is 6.88. The molecule has 0 aliphatic carbocycles. The van der Waals surface area contributed by atoms with Gasteiger partial charge in [-0.15, -0.1) is 23.7 Å². The molecule has 3 aromatic rings. The molecule has 2 aromatic heterocycles. The van der Waals surface area contributed by atoms with Crippen LogP contribution in [0.15, 0.2) is 40.8 Å². The summed E-state index contributed by atoms with van der Waals surface area (Å²) in [6, 6.07) is 11.6. The predicted molar refractivity (Wildman–Crippen MR) is 94.7 cm³/mol. The second-order valence-corrected chi connectivity index (χ2v) is 6.24. The van der Waals surface area contributed by atoms with Crippen molar-refractivity contribution in [3.05, 3.63) is 42.2 Å². The smallest absolute Gasteiger partial charge is 0.221 e. The van der Waals surface area contributed by atoms with Crippen LogP contribution in [-0.2, 0) is 11.3 Å². The number of furan rings is 1. The monoisotopic (exact) mass is 351 g/mol. The first-order chi connectivity index (χ1) is 10.6. The molecule has 0 saturated carbocycles. The van der Waals surface area contributed by atoms with E-state index in [-0.39, 0.29) is 24.4 Å². The van der Waals surface area contributed by atoms with Crippen LogP contribution in [0.3, 0.4) is 0 Å². The Labute approximate surface area is 144 Å². The van der Waals surface area contributed by atoms with E-state index in [4.69, 9.17) is 10.2 Å². The summed E-state index contributed by atoms with van der Waals surface area (Å²) >= 11 is 1.59. The zero-order valence-electron chi connectivity index (χ0n) is 12.6. The van der Waals surface area contributed by atoms with Gasteiger partial charge in [-0.2, -0.15) is 0 Å². The summed E-state index contributed by atoms with van der Waals surface area (Å²) in [6.45, 7) is 2.16. The van der Waals surface area contributed by atoms with Gasteiger partial charge in [0.05, 0.1) is 16.8 Å². The van der Waals surface area contributed by atoms with Crippen molar-refractivity contribution in [1.82, 2.24) is 10.3 Å². The van der Waals surface area contributed by atoms with E-state index in [9.17, 15) is 4.79 Å². The van der Waals surface area contributed by atoms with E-state index in [1.165, 1.54) is 0 Å². The van der Waals surface area contributed by atoms with Crippen molar-refractivity contribution in [3.63, 3.8) is 0 Å². The fourth-order valence-corrected chi connectivity index (χ4v) is 3.04. The van der Waals surface area contributed by atoms with Crippen LogP contribution in [0.1, 0.15) is 19.1 Å². The number of thiazole rings is 1. The fraction of sp³-hybridized carbons (Fsp3) is 0.250. The molecule has 3 N–H and O–H groups in total. The number of amides is 1. The summed E-state index contributed by atoms with van der Waals surface area (Å²) in [4.78, 5) is 16.1. The molecule has 5 nitrogen and oxygen atoms in total. The van der Waals surface area contributed by atoms with Gasteiger partial charge in [-0.25, -0.2) is 4.98 Å². The van der Waals surface area contributed by atoms with Crippen LogP contribution in [0, 0.1) is 0 Å². The molecule has 0 spiro atoms. The number of hydrogen-bond acceptors (Lipinski definition) is 5. The maximum atomic E-state index is 11.6. The van der Waals surface area contributed by atoms with Crippen molar-refractivity contribution in [1.29, 1.82) is 0 Å². The molecular weight excluding hydrogens is 334 g/mol. The third-order valence-electron chi connectivity index (χ3n) is 3.13. The second kappa shape index (κ2) is 7.59. The Kier molecular flexibility index (Phi) is 5.76. The van der Waals surface area contributed by atoms with Gasteiger partial charge >= 0.3 is 0 Å². The lowest BCUT2D eigenvalue weighted by molar-refractivity contribution is -0.121. The Morgan fingerprint density at radius 2 is 2.13 bits per heavy atom. The van der Waals surface area contributed by atoms with Crippen LogP contribution in [0.4, 0.5) is 0 Å². The lowest BCUT2D eigenvalue weighted by Gasteiger charge is -2.05. The molecule has 0 aliphatic rings. The minimum atomic E-state index is -0.144. The Morgan fingerprint density at radius 3 is 2.87 bits per heavy atom.